The SMILES string of the molecule is Cc1onc(-c2ccco2)c1C(=O)NC(C)C. The highest BCUT2D eigenvalue weighted by molar-refractivity contribution is 6.00. The summed E-state index contributed by atoms with van der Waals surface area (Å²) in [6, 6.07) is 3.54. The fourth-order valence-corrected chi connectivity index (χ4v) is 1.56. The molecule has 5 heteroatoms. The average Bonchev–Trinajstić information content (AvgIpc) is 2.84. The zero-order valence-corrected chi connectivity index (χ0v) is 9.98. The summed E-state index contributed by atoms with van der Waals surface area (Å²) in [4.78, 5) is 12.0. The second-order valence-electron chi connectivity index (χ2n) is 4.07. The molecule has 0 aromatic carbocycles. The standard InChI is InChI=1S/C12H14N2O3/c1-7(2)13-12(15)10-8(3)17-14-11(10)9-5-4-6-16-9/h4-7H,1-3H3,(H,13,15). The number of hydrogen-bond acceptors (Lipinski definition) is 4. The molecule has 2 rings (SSSR count). The lowest BCUT2D eigenvalue weighted by atomic mass is 10.1. The van der Waals surface area contributed by atoms with Crippen molar-refractivity contribution < 1.29 is 13.7 Å². The summed E-state index contributed by atoms with van der Waals surface area (Å²) in [5.74, 6) is 0.801. The van der Waals surface area contributed by atoms with Crippen LogP contribution in [0.15, 0.2) is 27.3 Å². The van der Waals surface area contributed by atoms with Crippen LogP contribution in [0.3, 0.4) is 0 Å². The minimum atomic E-state index is -0.204. The van der Waals surface area contributed by atoms with Crippen molar-refractivity contribution in [2.45, 2.75) is 26.8 Å². The van der Waals surface area contributed by atoms with Crippen LogP contribution in [0.2, 0.25) is 0 Å². The molecule has 0 spiro atoms. The van der Waals surface area contributed by atoms with Gasteiger partial charge in [-0.2, -0.15) is 0 Å². The van der Waals surface area contributed by atoms with Gasteiger partial charge in [0, 0.05) is 6.04 Å². The molecule has 0 aliphatic rings. The highest BCUT2D eigenvalue weighted by atomic mass is 16.5. The maximum atomic E-state index is 12.0. The molecule has 0 aliphatic heterocycles. The van der Waals surface area contributed by atoms with Gasteiger partial charge < -0.3 is 14.3 Å². The topological polar surface area (TPSA) is 68.3 Å². The Balaban J connectivity index is 2.40. The molecule has 1 N–H and O–H groups in total. The molecular formula is C12H14N2O3. The first-order valence-corrected chi connectivity index (χ1v) is 5.40. The van der Waals surface area contributed by atoms with E-state index in [1.807, 2.05) is 13.8 Å². The first-order valence-electron chi connectivity index (χ1n) is 5.40. The second-order valence-corrected chi connectivity index (χ2v) is 4.07. The Hall–Kier alpha value is -2.04. The number of rotatable bonds is 3. The maximum Gasteiger partial charge on any atom is 0.257 e. The summed E-state index contributed by atoms with van der Waals surface area (Å²) >= 11 is 0. The van der Waals surface area contributed by atoms with Gasteiger partial charge in [0.25, 0.3) is 5.91 Å². The van der Waals surface area contributed by atoms with Gasteiger partial charge in [0.2, 0.25) is 0 Å². The van der Waals surface area contributed by atoms with Crippen molar-refractivity contribution in [1.29, 1.82) is 0 Å². The zero-order valence-electron chi connectivity index (χ0n) is 9.98. The Bertz CT molecular complexity index is 512. The third-order valence-electron chi connectivity index (χ3n) is 2.26. The molecule has 0 fully saturated rings. The highest BCUT2D eigenvalue weighted by Gasteiger charge is 2.23. The molecule has 1 amide bonds. The number of aromatic nitrogens is 1. The predicted octanol–water partition coefficient (Wildman–Crippen LogP) is 2.38. The molecule has 0 atom stereocenters. The van der Waals surface area contributed by atoms with E-state index in [1.54, 1.807) is 19.1 Å². The van der Waals surface area contributed by atoms with E-state index in [-0.39, 0.29) is 11.9 Å². The zero-order chi connectivity index (χ0) is 12.4. The molecule has 5 nitrogen and oxygen atoms in total. The third-order valence-corrected chi connectivity index (χ3v) is 2.26. The van der Waals surface area contributed by atoms with Gasteiger partial charge in [-0.25, -0.2) is 0 Å². The number of nitrogens with one attached hydrogen (secondary N) is 1. The summed E-state index contributed by atoms with van der Waals surface area (Å²) in [7, 11) is 0. The highest BCUT2D eigenvalue weighted by Crippen LogP contribution is 2.25. The molecular weight excluding hydrogens is 220 g/mol. The van der Waals surface area contributed by atoms with Gasteiger partial charge in [0.15, 0.2) is 11.5 Å². The van der Waals surface area contributed by atoms with Crippen LogP contribution in [0.1, 0.15) is 30.0 Å². The Morgan fingerprint density at radius 1 is 1.47 bits per heavy atom. The molecule has 2 heterocycles. The lowest BCUT2D eigenvalue weighted by Crippen LogP contribution is -2.30. The van der Waals surface area contributed by atoms with Crippen molar-refractivity contribution in [3.63, 3.8) is 0 Å². The second kappa shape index (κ2) is 4.45. The van der Waals surface area contributed by atoms with Gasteiger partial charge in [0.1, 0.15) is 11.3 Å². The fraction of sp³-hybridized carbons (Fsp3) is 0.333. The summed E-state index contributed by atoms with van der Waals surface area (Å²) in [6.45, 7) is 5.50. The molecule has 0 saturated heterocycles. The van der Waals surface area contributed by atoms with Crippen molar-refractivity contribution in [3.05, 3.63) is 29.7 Å². The summed E-state index contributed by atoms with van der Waals surface area (Å²) in [6.07, 6.45) is 1.53. The minimum Gasteiger partial charge on any atom is -0.463 e. The van der Waals surface area contributed by atoms with E-state index in [4.69, 9.17) is 8.94 Å². The smallest absolute Gasteiger partial charge is 0.257 e. The molecule has 0 unspecified atom stereocenters. The number of aryl methyl sites for hydroxylation is 1. The van der Waals surface area contributed by atoms with Gasteiger partial charge >= 0.3 is 0 Å². The van der Waals surface area contributed by atoms with Gasteiger partial charge in [-0.05, 0) is 32.9 Å². The van der Waals surface area contributed by atoms with Crippen LogP contribution in [0.4, 0.5) is 0 Å². The van der Waals surface area contributed by atoms with Gasteiger partial charge in [-0.1, -0.05) is 5.16 Å². The molecule has 17 heavy (non-hydrogen) atoms. The third kappa shape index (κ3) is 2.22. The fourth-order valence-electron chi connectivity index (χ4n) is 1.56. The normalized spacial score (nSPS) is 10.8. The van der Waals surface area contributed by atoms with Crippen molar-refractivity contribution in [2.75, 3.05) is 0 Å². The number of amides is 1. The van der Waals surface area contributed by atoms with Crippen LogP contribution in [-0.4, -0.2) is 17.1 Å². The first kappa shape index (κ1) is 11.4. The molecule has 0 radical (unpaired) electrons. The van der Waals surface area contributed by atoms with Crippen LogP contribution in [0.25, 0.3) is 11.5 Å². The average molecular weight is 234 g/mol. The summed E-state index contributed by atoms with van der Waals surface area (Å²) < 4.78 is 10.3. The first-order chi connectivity index (χ1) is 8.09. The largest absolute Gasteiger partial charge is 0.463 e. The summed E-state index contributed by atoms with van der Waals surface area (Å²) in [5.41, 5.74) is 0.860. The van der Waals surface area contributed by atoms with E-state index in [0.717, 1.165) is 0 Å². The van der Waals surface area contributed by atoms with E-state index in [9.17, 15) is 4.79 Å². The van der Waals surface area contributed by atoms with Crippen LogP contribution in [0.5, 0.6) is 0 Å². The van der Waals surface area contributed by atoms with E-state index in [1.165, 1.54) is 6.26 Å². The Morgan fingerprint density at radius 3 is 2.82 bits per heavy atom. The predicted molar refractivity (Wildman–Crippen MR) is 61.5 cm³/mol. The molecule has 2 aromatic rings. The van der Waals surface area contributed by atoms with Crippen molar-refractivity contribution in [3.8, 4) is 11.5 Å². The quantitative estimate of drug-likeness (QED) is 0.885. The molecule has 90 valence electrons. The van der Waals surface area contributed by atoms with Crippen LogP contribution in [-0.2, 0) is 0 Å². The van der Waals surface area contributed by atoms with E-state index < -0.39 is 0 Å². The number of nitrogens with zero attached hydrogens (tertiary/aromatic N) is 1. The lowest BCUT2D eigenvalue weighted by Gasteiger charge is -2.07. The van der Waals surface area contributed by atoms with Crippen LogP contribution >= 0.6 is 0 Å². The lowest BCUT2D eigenvalue weighted by molar-refractivity contribution is 0.0942. The molecule has 2 aromatic heterocycles. The van der Waals surface area contributed by atoms with E-state index in [2.05, 4.69) is 10.5 Å². The number of carbonyl (C=O) groups is 1. The van der Waals surface area contributed by atoms with E-state index >= 15 is 0 Å². The Kier molecular flexibility index (Phi) is 2.99. The van der Waals surface area contributed by atoms with Crippen molar-refractivity contribution in [2.24, 2.45) is 0 Å². The number of carbonyl (C=O) groups excluding carboxylic acids is 1. The minimum absolute atomic E-state index is 0.0567. The number of hydrogen-bond donors (Lipinski definition) is 1. The van der Waals surface area contributed by atoms with Gasteiger partial charge in [0.05, 0.1) is 6.26 Å². The monoisotopic (exact) mass is 234 g/mol. The van der Waals surface area contributed by atoms with Crippen LogP contribution < -0.4 is 5.32 Å². The Morgan fingerprint density at radius 2 is 2.24 bits per heavy atom. The van der Waals surface area contributed by atoms with Gasteiger partial charge in [-0.15, -0.1) is 0 Å². The van der Waals surface area contributed by atoms with Crippen molar-refractivity contribution in [1.82, 2.24) is 10.5 Å². The molecule has 0 saturated carbocycles. The van der Waals surface area contributed by atoms with Crippen LogP contribution in [0, 0.1) is 6.92 Å². The summed E-state index contributed by atoms with van der Waals surface area (Å²) in [5, 5.41) is 6.66. The van der Waals surface area contributed by atoms with Gasteiger partial charge in [-0.3, -0.25) is 4.79 Å². The van der Waals surface area contributed by atoms with Crippen molar-refractivity contribution >= 4 is 5.91 Å². The van der Waals surface area contributed by atoms with E-state index in [0.29, 0.717) is 22.8 Å². The molecule has 0 bridgehead atoms. The Labute approximate surface area is 98.8 Å². The maximum absolute atomic E-state index is 12.0. The molecule has 0 aliphatic carbocycles. The number of furan rings is 1.